The molecular weight excluding hydrogens is 164 g/mol. The molecule has 0 radical (unpaired) electrons. The third-order valence-electron chi connectivity index (χ3n) is 2.14. The van der Waals surface area contributed by atoms with Crippen molar-refractivity contribution in [2.45, 2.75) is 26.2 Å². The van der Waals surface area contributed by atoms with Gasteiger partial charge in [-0.2, -0.15) is 0 Å². The normalized spacial score (nSPS) is 22.1. The summed E-state index contributed by atoms with van der Waals surface area (Å²) < 4.78 is 5.06. The number of carbonyl (C=O) groups is 1. The largest absolute Gasteiger partial charge is 0.462 e. The molecule has 0 aliphatic heterocycles. The van der Waals surface area contributed by atoms with Crippen molar-refractivity contribution in [2.75, 3.05) is 6.61 Å². The second kappa shape index (κ2) is 5.57. The van der Waals surface area contributed by atoms with E-state index in [1.165, 1.54) is 6.08 Å². The minimum atomic E-state index is -0.225. The molecule has 0 aromatic heterocycles. The Morgan fingerprint density at radius 3 is 3.08 bits per heavy atom. The number of ether oxygens (including phenoxy) is 1. The van der Waals surface area contributed by atoms with Crippen molar-refractivity contribution in [2.24, 2.45) is 5.92 Å². The van der Waals surface area contributed by atoms with E-state index in [9.17, 15) is 4.79 Å². The molecule has 0 spiro atoms. The summed E-state index contributed by atoms with van der Waals surface area (Å²) in [6.45, 7) is 2.37. The zero-order valence-corrected chi connectivity index (χ0v) is 8.03. The summed E-state index contributed by atoms with van der Waals surface area (Å²) in [5.74, 6) is 0.302. The molecule has 0 saturated carbocycles. The van der Waals surface area contributed by atoms with Crippen LogP contribution < -0.4 is 0 Å². The van der Waals surface area contributed by atoms with Crippen LogP contribution in [-0.2, 0) is 9.53 Å². The van der Waals surface area contributed by atoms with Crippen LogP contribution in [-0.4, -0.2) is 12.6 Å². The first-order chi connectivity index (χ1) is 6.33. The maximum atomic E-state index is 11.0. The highest BCUT2D eigenvalue weighted by Gasteiger charge is 2.11. The standard InChI is InChI=1S/C11H16O2/c1-2-6-11(12)13-9-10-7-4-3-5-8-10/h2-4,6,10H,5,7-9H2,1H3. The minimum Gasteiger partial charge on any atom is -0.462 e. The fourth-order valence-corrected chi connectivity index (χ4v) is 1.39. The third kappa shape index (κ3) is 3.92. The summed E-state index contributed by atoms with van der Waals surface area (Å²) >= 11 is 0. The molecule has 2 nitrogen and oxygen atoms in total. The zero-order chi connectivity index (χ0) is 9.52. The molecule has 0 heterocycles. The van der Waals surface area contributed by atoms with Gasteiger partial charge in [-0.3, -0.25) is 0 Å². The Bertz CT molecular complexity index is 216. The average Bonchev–Trinajstić information content (AvgIpc) is 2.17. The molecule has 1 unspecified atom stereocenters. The summed E-state index contributed by atoms with van der Waals surface area (Å²) in [5, 5.41) is 0. The molecule has 0 amide bonds. The molecule has 0 bridgehead atoms. The Labute approximate surface area is 79.3 Å². The molecule has 0 saturated heterocycles. The van der Waals surface area contributed by atoms with Gasteiger partial charge in [-0.05, 0) is 32.1 Å². The first-order valence-corrected chi connectivity index (χ1v) is 4.77. The van der Waals surface area contributed by atoms with E-state index < -0.39 is 0 Å². The van der Waals surface area contributed by atoms with Crippen molar-refractivity contribution < 1.29 is 9.53 Å². The lowest BCUT2D eigenvalue weighted by Gasteiger charge is -2.16. The van der Waals surface area contributed by atoms with Crippen LogP contribution >= 0.6 is 0 Å². The van der Waals surface area contributed by atoms with Crippen LogP contribution in [0, 0.1) is 5.92 Å². The quantitative estimate of drug-likeness (QED) is 0.379. The van der Waals surface area contributed by atoms with E-state index in [0.717, 1.165) is 19.3 Å². The maximum absolute atomic E-state index is 11.0. The van der Waals surface area contributed by atoms with Crippen molar-refractivity contribution in [1.82, 2.24) is 0 Å². The number of allylic oxidation sites excluding steroid dienone is 3. The van der Waals surface area contributed by atoms with Crippen molar-refractivity contribution in [3.8, 4) is 0 Å². The van der Waals surface area contributed by atoms with Crippen LogP contribution in [0.3, 0.4) is 0 Å². The predicted octanol–water partition coefficient (Wildman–Crippen LogP) is 2.46. The Morgan fingerprint density at radius 1 is 1.62 bits per heavy atom. The lowest BCUT2D eigenvalue weighted by Crippen LogP contribution is -2.13. The Hall–Kier alpha value is -1.05. The number of hydrogen-bond acceptors (Lipinski definition) is 2. The van der Waals surface area contributed by atoms with Crippen molar-refractivity contribution in [3.05, 3.63) is 24.3 Å². The monoisotopic (exact) mass is 180 g/mol. The number of carbonyl (C=O) groups excluding carboxylic acids is 1. The summed E-state index contributed by atoms with van der Waals surface area (Å²) in [4.78, 5) is 11.0. The smallest absolute Gasteiger partial charge is 0.330 e. The topological polar surface area (TPSA) is 26.3 Å². The first-order valence-electron chi connectivity index (χ1n) is 4.77. The maximum Gasteiger partial charge on any atom is 0.330 e. The fraction of sp³-hybridized carbons (Fsp3) is 0.545. The highest BCUT2D eigenvalue weighted by atomic mass is 16.5. The van der Waals surface area contributed by atoms with Crippen LogP contribution in [0.5, 0.6) is 0 Å². The highest BCUT2D eigenvalue weighted by Crippen LogP contribution is 2.18. The molecule has 13 heavy (non-hydrogen) atoms. The van der Waals surface area contributed by atoms with E-state index in [-0.39, 0.29) is 5.97 Å². The van der Waals surface area contributed by atoms with Gasteiger partial charge in [0, 0.05) is 6.08 Å². The fourth-order valence-electron chi connectivity index (χ4n) is 1.39. The highest BCUT2D eigenvalue weighted by molar-refractivity contribution is 5.81. The van der Waals surface area contributed by atoms with E-state index in [2.05, 4.69) is 12.2 Å². The van der Waals surface area contributed by atoms with Crippen molar-refractivity contribution in [3.63, 3.8) is 0 Å². The zero-order valence-electron chi connectivity index (χ0n) is 8.03. The van der Waals surface area contributed by atoms with Gasteiger partial charge in [-0.15, -0.1) is 0 Å². The summed E-state index contributed by atoms with van der Waals surface area (Å²) in [6.07, 6.45) is 10.8. The van der Waals surface area contributed by atoms with E-state index in [1.54, 1.807) is 6.08 Å². The molecular formula is C11H16O2. The van der Waals surface area contributed by atoms with Gasteiger partial charge in [0.05, 0.1) is 6.61 Å². The summed E-state index contributed by atoms with van der Waals surface area (Å²) in [5.41, 5.74) is 0. The number of hydrogen-bond donors (Lipinski definition) is 0. The van der Waals surface area contributed by atoms with Crippen molar-refractivity contribution >= 4 is 5.97 Å². The molecule has 1 aliphatic rings. The molecule has 72 valence electrons. The SMILES string of the molecule is CC=CC(=O)OCC1CC=CCC1. The summed E-state index contributed by atoms with van der Waals surface area (Å²) in [6, 6.07) is 0. The third-order valence-corrected chi connectivity index (χ3v) is 2.14. The second-order valence-corrected chi connectivity index (χ2v) is 3.28. The average molecular weight is 180 g/mol. The van der Waals surface area contributed by atoms with Crippen LogP contribution in [0.4, 0.5) is 0 Å². The van der Waals surface area contributed by atoms with E-state index in [0.29, 0.717) is 12.5 Å². The molecule has 0 fully saturated rings. The Morgan fingerprint density at radius 2 is 2.46 bits per heavy atom. The molecule has 0 N–H and O–H groups in total. The van der Waals surface area contributed by atoms with E-state index in [4.69, 9.17) is 4.74 Å². The number of esters is 1. The Kier molecular flexibility index (Phi) is 4.30. The van der Waals surface area contributed by atoms with Crippen LogP contribution in [0.15, 0.2) is 24.3 Å². The van der Waals surface area contributed by atoms with E-state index in [1.807, 2.05) is 6.92 Å². The van der Waals surface area contributed by atoms with Gasteiger partial charge in [-0.1, -0.05) is 18.2 Å². The van der Waals surface area contributed by atoms with Crippen LogP contribution in [0.2, 0.25) is 0 Å². The lowest BCUT2D eigenvalue weighted by molar-refractivity contribution is -0.139. The predicted molar refractivity (Wildman–Crippen MR) is 52.3 cm³/mol. The Balaban J connectivity index is 2.18. The van der Waals surface area contributed by atoms with Gasteiger partial charge in [0.25, 0.3) is 0 Å². The number of rotatable bonds is 3. The molecule has 1 rings (SSSR count). The van der Waals surface area contributed by atoms with Gasteiger partial charge in [-0.25, -0.2) is 4.79 Å². The van der Waals surface area contributed by atoms with Gasteiger partial charge in [0.2, 0.25) is 0 Å². The van der Waals surface area contributed by atoms with Gasteiger partial charge < -0.3 is 4.74 Å². The summed E-state index contributed by atoms with van der Waals surface area (Å²) in [7, 11) is 0. The molecule has 0 aromatic rings. The lowest BCUT2D eigenvalue weighted by atomic mass is 9.95. The second-order valence-electron chi connectivity index (χ2n) is 3.28. The first kappa shape index (κ1) is 10.0. The van der Waals surface area contributed by atoms with Gasteiger partial charge in [0.15, 0.2) is 0 Å². The molecule has 1 aliphatic carbocycles. The van der Waals surface area contributed by atoms with Crippen LogP contribution in [0.25, 0.3) is 0 Å². The molecule has 0 aromatic carbocycles. The van der Waals surface area contributed by atoms with Crippen molar-refractivity contribution in [1.29, 1.82) is 0 Å². The van der Waals surface area contributed by atoms with Crippen LogP contribution in [0.1, 0.15) is 26.2 Å². The minimum absolute atomic E-state index is 0.225. The van der Waals surface area contributed by atoms with Gasteiger partial charge >= 0.3 is 5.97 Å². The molecule has 1 atom stereocenters. The van der Waals surface area contributed by atoms with Gasteiger partial charge in [0.1, 0.15) is 0 Å². The molecule has 2 heteroatoms. The van der Waals surface area contributed by atoms with E-state index >= 15 is 0 Å².